The summed E-state index contributed by atoms with van der Waals surface area (Å²) in [5.74, 6) is -0.576. The molecule has 20 heavy (non-hydrogen) atoms. The summed E-state index contributed by atoms with van der Waals surface area (Å²) in [5, 5.41) is 3.86. The van der Waals surface area contributed by atoms with Crippen LogP contribution in [-0.4, -0.2) is 18.2 Å². The minimum Gasteiger partial charge on any atom is -0.381 e. The van der Waals surface area contributed by atoms with E-state index in [-0.39, 0.29) is 22.0 Å². The number of nitrogens with zero attached hydrogens (tertiary/aromatic N) is 2. The van der Waals surface area contributed by atoms with Gasteiger partial charge in [0.2, 0.25) is 0 Å². The first-order valence-corrected chi connectivity index (χ1v) is 7.29. The van der Waals surface area contributed by atoms with E-state index >= 15 is 0 Å². The first-order valence-electron chi connectivity index (χ1n) is 5.81. The van der Waals surface area contributed by atoms with Crippen LogP contribution in [0.3, 0.4) is 0 Å². The summed E-state index contributed by atoms with van der Waals surface area (Å²) in [6.45, 7) is 3.09. The topological polar surface area (TPSA) is 90.0 Å². The molecule has 0 fully saturated rings. The summed E-state index contributed by atoms with van der Waals surface area (Å²) in [4.78, 5) is -0.0938. The lowest BCUT2D eigenvalue weighted by Gasteiger charge is -2.11. The van der Waals surface area contributed by atoms with Crippen LogP contribution in [0.5, 0.6) is 0 Å². The van der Waals surface area contributed by atoms with Gasteiger partial charge < -0.3 is 5.73 Å². The number of benzene rings is 1. The highest BCUT2D eigenvalue weighted by atomic mass is 32.2. The molecule has 2 aromatic rings. The van der Waals surface area contributed by atoms with Crippen molar-refractivity contribution in [1.29, 1.82) is 0 Å². The fourth-order valence-electron chi connectivity index (χ4n) is 1.86. The number of nitrogens with two attached hydrogens (primary N) is 1. The Morgan fingerprint density at radius 2 is 2.00 bits per heavy atom. The Hall–Kier alpha value is -2.09. The largest absolute Gasteiger partial charge is 0.381 e. The molecule has 0 aliphatic rings. The van der Waals surface area contributed by atoms with Gasteiger partial charge in [-0.05, 0) is 26.0 Å². The summed E-state index contributed by atoms with van der Waals surface area (Å²) >= 11 is 0. The minimum absolute atomic E-state index is 0.0912. The number of halogens is 1. The molecule has 6 nitrogen and oxygen atoms in total. The van der Waals surface area contributed by atoms with Gasteiger partial charge in [-0.3, -0.25) is 9.40 Å². The molecule has 2 rings (SSSR count). The van der Waals surface area contributed by atoms with Crippen LogP contribution in [0.25, 0.3) is 0 Å². The van der Waals surface area contributed by atoms with Crippen molar-refractivity contribution in [2.24, 2.45) is 7.05 Å². The Morgan fingerprint density at radius 3 is 2.55 bits per heavy atom. The fourth-order valence-corrected chi connectivity index (χ4v) is 3.31. The normalized spacial score (nSPS) is 11.6. The third-order valence-electron chi connectivity index (χ3n) is 3.09. The molecule has 3 N–H and O–H groups in total. The summed E-state index contributed by atoms with van der Waals surface area (Å²) in [6.07, 6.45) is 0. The smallest absolute Gasteiger partial charge is 0.267 e. The van der Waals surface area contributed by atoms with Crippen LogP contribution >= 0.6 is 0 Å². The van der Waals surface area contributed by atoms with Crippen molar-refractivity contribution < 1.29 is 12.8 Å². The van der Waals surface area contributed by atoms with Gasteiger partial charge in [0.1, 0.15) is 5.82 Å². The van der Waals surface area contributed by atoms with Crippen molar-refractivity contribution in [2.45, 2.75) is 18.7 Å². The van der Waals surface area contributed by atoms with E-state index in [1.165, 1.54) is 29.8 Å². The molecule has 0 amide bonds. The predicted molar refractivity (Wildman–Crippen MR) is 74.3 cm³/mol. The van der Waals surface area contributed by atoms with Crippen LogP contribution in [0.2, 0.25) is 0 Å². The van der Waals surface area contributed by atoms with Crippen molar-refractivity contribution in [1.82, 2.24) is 9.78 Å². The van der Waals surface area contributed by atoms with Crippen molar-refractivity contribution in [3.63, 3.8) is 0 Å². The number of sulfonamides is 1. The first-order chi connectivity index (χ1) is 9.24. The van der Waals surface area contributed by atoms with Gasteiger partial charge in [-0.2, -0.15) is 5.10 Å². The van der Waals surface area contributed by atoms with E-state index in [1.807, 2.05) is 0 Å². The number of hydrogen-bond acceptors (Lipinski definition) is 4. The molecule has 1 heterocycles. The number of nitrogens with one attached hydrogen (secondary N) is 1. The average molecular weight is 298 g/mol. The molecule has 0 aliphatic carbocycles. The summed E-state index contributed by atoms with van der Waals surface area (Å²) in [6, 6.07) is 4.17. The average Bonchev–Trinajstić information content (AvgIpc) is 2.59. The van der Waals surface area contributed by atoms with Crippen LogP contribution in [0.15, 0.2) is 23.1 Å². The highest BCUT2D eigenvalue weighted by Crippen LogP contribution is 2.26. The Kier molecular flexibility index (Phi) is 3.43. The van der Waals surface area contributed by atoms with Crippen LogP contribution < -0.4 is 10.5 Å². The molecule has 0 radical (unpaired) electrons. The van der Waals surface area contributed by atoms with E-state index in [2.05, 4.69) is 9.82 Å². The standard InChI is InChI=1S/C12H15FN4O2S/c1-7-9(13)5-4-6-10(7)16-20(18,19)11-8(2)17(3)15-12(11)14/h4-6,16H,1-3H3,(H2,14,15). The monoisotopic (exact) mass is 298 g/mol. The van der Waals surface area contributed by atoms with E-state index in [4.69, 9.17) is 5.73 Å². The molecule has 0 unspecified atom stereocenters. The quantitative estimate of drug-likeness (QED) is 0.899. The SMILES string of the molecule is Cc1c(F)cccc1NS(=O)(=O)c1c(N)nn(C)c1C. The maximum Gasteiger partial charge on any atom is 0.267 e. The van der Waals surface area contributed by atoms with Crippen LogP contribution in [0.4, 0.5) is 15.9 Å². The lowest BCUT2D eigenvalue weighted by molar-refractivity contribution is 0.600. The molecule has 0 saturated heterocycles. The molecule has 1 aromatic carbocycles. The maximum atomic E-state index is 13.4. The second-order valence-electron chi connectivity index (χ2n) is 4.44. The van der Waals surface area contributed by atoms with Crippen LogP contribution in [0.1, 0.15) is 11.3 Å². The third-order valence-corrected chi connectivity index (χ3v) is 4.62. The molecule has 0 bridgehead atoms. The second kappa shape index (κ2) is 4.78. The Bertz CT molecular complexity index is 768. The summed E-state index contributed by atoms with van der Waals surface area (Å²) < 4.78 is 41.9. The number of rotatable bonds is 3. The zero-order valence-corrected chi connectivity index (χ0v) is 12.1. The van der Waals surface area contributed by atoms with Gasteiger partial charge in [0, 0.05) is 12.6 Å². The second-order valence-corrected chi connectivity index (χ2v) is 6.06. The molecule has 0 saturated carbocycles. The van der Waals surface area contributed by atoms with Gasteiger partial charge in [-0.1, -0.05) is 6.07 Å². The van der Waals surface area contributed by atoms with E-state index in [1.54, 1.807) is 14.0 Å². The van der Waals surface area contributed by atoms with Crippen LogP contribution in [-0.2, 0) is 17.1 Å². The van der Waals surface area contributed by atoms with Crippen molar-refractivity contribution in [2.75, 3.05) is 10.5 Å². The first kappa shape index (κ1) is 14.3. The number of aromatic nitrogens is 2. The lowest BCUT2D eigenvalue weighted by atomic mass is 10.2. The Balaban J connectivity index is 2.49. The van der Waals surface area contributed by atoms with E-state index in [0.717, 1.165) is 0 Å². The van der Waals surface area contributed by atoms with Crippen molar-refractivity contribution >= 4 is 21.5 Å². The third kappa shape index (κ3) is 2.34. The summed E-state index contributed by atoms with van der Waals surface area (Å²) in [7, 11) is -2.32. The molecular formula is C12H15FN4O2S. The van der Waals surface area contributed by atoms with Gasteiger partial charge >= 0.3 is 0 Å². The summed E-state index contributed by atoms with van der Waals surface area (Å²) in [5.41, 5.74) is 6.42. The Morgan fingerprint density at radius 1 is 1.35 bits per heavy atom. The molecule has 108 valence electrons. The van der Waals surface area contributed by atoms with Crippen molar-refractivity contribution in [3.05, 3.63) is 35.3 Å². The van der Waals surface area contributed by atoms with Gasteiger partial charge in [-0.25, -0.2) is 12.8 Å². The minimum atomic E-state index is -3.92. The Labute approximate surface area is 116 Å². The number of nitrogen functional groups attached to an aromatic ring is 1. The zero-order valence-electron chi connectivity index (χ0n) is 11.3. The van der Waals surface area contributed by atoms with Gasteiger partial charge in [0.25, 0.3) is 10.0 Å². The molecule has 0 aliphatic heterocycles. The molecule has 0 spiro atoms. The lowest BCUT2D eigenvalue weighted by Crippen LogP contribution is -2.16. The molecule has 0 atom stereocenters. The zero-order chi connectivity index (χ0) is 15.1. The van der Waals surface area contributed by atoms with E-state index < -0.39 is 15.8 Å². The predicted octanol–water partition coefficient (Wildman–Crippen LogP) is 1.56. The molecule has 8 heteroatoms. The van der Waals surface area contributed by atoms with Gasteiger partial charge in [0.05, 0.1) is 11.4 Å². The van der Waals surface area contributed by atoms with E-state index in [9.17, 15) is 12.8 Å². The highest BCUT2D eigenvalue weighted by Gasteiger charge is 2.25. The molecular weight excluding hydrogens is 283 g/mol. The number of aryl methyl sites for hydroxylation is 1. The number of anilines is 2. The van der Waals surface area contributed by atoms with Crippen LogP contribution in [0, 0.1) is 19.7 Å². The molecule has 1 aromatic heterocycles. The van der Waals surface area contributed by atoms with Gasteiger partial charge in [-0.15, -0.1) is 0 Å². The maximum absolute atomic E-state index is 13.4. The number of hydrogen-bond donors (Lipinski definition) is 2. The highest BCUT2D eigenvalue weighted by molar-refractivity contribution is 7.93. The van der Waals surface area contributed by atoms with Gasteiger partial charge in [0.15, 0.2) is 10.7 Å². The fraction of sp³-hybridized carbons (Fsp3) is 0.250. The van der Waals surface area contributed by atoms with E-state index in [0.29, 0.717) is 5.69 Å². The van der Waals surface area contributed by atoms with Crippen molar-refractivity contribution in [3.8, 4) is 0 Å².